The third-order valence-corrected chi connectivity index (χ3v) is 3.53. The maximum atomic E-state index is 6.12. The van der Waals surface area contributed by atoms with E-state index in [0.717, 1.165) is 19.4 Å². The van der Waals surface area contributed by atoms with Crippen molar-refractivity contribution in [3.8, 4) is 0 Å². The van der Waals surface area contributed by atoms with Gasteiger partial charge in [-0.15, -0.1) is 0 Å². The number of nitrogens with two attached hydrogens (primary N) is 1. The topological polar surface area (TPSA) is 74.2 Å². The summed E-state index contributed by atoms with van der Waals surface area (Å²) < 4.78 is 10.8. The second-order valence-electron chi connectivity index (χ2n) is 5.18. The van der Waals surface area contributed by atoms with Gasteiger partial charge in [0.05, 0.1) is 12.1 Å². The van der Waals surface area contributed by atoms with Gasteiger partial charge in [-0.2, -0.15) is 4.98 Å². The number of nitrogens with zero attached hydrogens (tertiary/aromatic N) is 2. The molecular formula is C15H19N3O2. The Hall–Kier alpha value is -1.72. The minimum atomic E-state index is -0.261. The summed E-state index contributed by atoms with van der Waals surface area (Å²) in [6, 6.07) is 9.81. The van der Waals surface area contributed by atoms with Crippen LogP contribution in [0, 0.1) is 0 Å². The van der Waals surface area contributed by atoms with Crippen LogP contribution in [0.2, 0.25) is 0 Å². The van der Waals surface area contributed by atoms with Crippen molar-refractivity contribution in [2.45, 2.75) is 37.8 Å². The molecule has 5 heteroatoms. The third-order valence-electron chi connectivity index (χ3n) is 3.53. The van der Waals surface area contributed by atoms with Gasteiger partial charge < -0.3 is 15.0 Å². The van der Waals surface area contributed by atoms with Crippen LogP contribution in [0.3, 0.4) is 0 Å². The van der Waals surface area contributed by atoms with E-state index in [4.69, 9.17) is 15.0 Å². The Balaban J connectivity index is 1.60. The second-order valence-corrected chi connectivity index (χ2v) is 5.18. The molecule has 1 unspecified atom stereocenters. The average molecular weight is 273 g/mol. The first-order valence-electron chi connectivity index (χ1n) is 7.05. The smallest absolute Gasteiger partial charge is 0.243 e. The van der Waals surface area contributed by atoms with Crippen LogP contribution in [0.1, 0.15) is 36.2 Å². The van der Waals surface area contributed by atoms with Gasteiger partial charge in [0.25, 0.3) is 0 Å². The first-order valence-corrected chi connectivity index (χ1v) is 7.05. The van der Waals surface area contributed by atoms with Gasteiger partial charge in [-0.25, -0.2) is 0 Å². The highest BCUT2D eigenvalue weighted by Crippen LogP contribution is 2.18. The highest BCUT2D eigenvalue weighted by Gasteiger charge is 2.21. The first kappa shape index (κ1) is 13.3. The third kappa shape index (κ3) is 3.23. The molecule has 1 saturated heterocycles. The molecule has 1 aromatic heterocycles. The highest BCUT2D eigenvalue weighted by molar-refractivity contribution is 5.16. The molecule has 106 valence electrons. The van der Waals surface area contributed by atoms with Crippen LogP contribution in [0.4, 0.5) is 0 Å². The van der Waals surface area contributed by atoms with Gasteiger partial charge in [-0.1, -0.05) is 35.5 Å². The molecule has 0 radical (unpaired) electrons. The van der Waals surface area contributed by atoms with Crippen LogP contribution in [-0.4, -0.2) is 22.9 Å². The zero-order valence-electron chi connectivity index (χ0n) is 11.4. The molecule has 0 saturated carbocycles. The normalized spacial score (nSPS) is 20.1. The Kier molecular flexibility index (Phi) is 4.08. The lowest BCUT2D eigenvalue weighted by Crippen LogP contribution is -2.14. The Morgan fingerprint density at radius 3 is 2.90 bits per heavy atom. The Labute approximate surface area is 118 Å². The van der Waals surface area contributed by atoms with E-state index >= 15 is 0 Å². The van der Waals surface area contributed by atoms with Crippen molar-refractivity contribution >= 4 is 0 Å². The largest absolute Gasteiger partial charge is 0.378 e. The number of ether oxygens (including phenoxy) is 1. The van der Waals surface area contributed by atoms with Crippen molar-refractivity contribution in [3.63, 3.8) is 0 Å². The van der Waals surface area contributed by atoms with Crippen LogP contribution in [0.15, 0.2) is 34.9 Å². The summed E-state index contributed by atoms with van der Waals surface area (Å²) in [6.07, 6.45) is 3.82. The summed E-state index contributed by atoms with van der Waals surface area (Å²) in [4.78, 5) is 4.39. The Bertz CT molecular complexity index is 535. The molecule has 2 heterocycles. The molecule has 2 aromatic rings. The fourth-order valence-electron chi connectivity index (χ4n) is 2.47. The summed E-state index contributed by atoms with van der Waals surface area (Å²) in [5.41, 5.74) is 7.29. The molecule has 20 heavy (non-hydrogen) atoms. The lowest BCUT2D eigenvalue weighted by atomic mass is 10.1. The van der Waals surface area contributed by atoms with E-state index in [1.54, 1.807) is 0 Å². The van der Waals surface area contributed by atoms with Crippen molar-refractivity contribution in [3.05, 3.63) is 47.6 Å². The van der Waals surface area contributed by atoms with Gasteiger partial charge in [0, 0.05) is 13.0 Å². The summed E-state index contributed by atoms with van der Waals surface area (Å²) in [7, 11) is 0. The predicted molar refractivity (Wildman–Crippen MR) is 74.1 cm³/mol. The number of hydrogen-bond donors (Lipinski definition) is 1. The Morgan fingerprint density at radius 2 is 2.15 bits per heavy atom. The molecule has 1 fully saturated rings. The number of rotatable bonds is 5. The van der Waals surface area contributed by atoms with E-state index in [-0.39, 0.29) is 12.1 Å². The molecule has 5 nitrogen and oxygen atoms in total. The molecule has 0 aliphatic carbocycles. The lowest BCUT2D eigenvalue weighted by Gasteiger charge is -2.06. The van der Waals surface area contributed by atoms with Crippen molar-refractivity contribution in [2.24, 2.45) is 5.73 Å². The maximum absolute atomic E-state index is 6.12. The molecule has 0 bridgehead atoms. The highest BCUT2D eigenvalue weighted by atomic mass is 16.5. The lowest BCUT2D eigenvalue weighted by molar-refractivity contribution is 0.109. The number of hydrogen-bond acceptors (Lipinski definition) is 5. The van der Waals surface area contributed by atoms with Crippen LogP contribution in [-0.2, 0) is 17.6 Å². The maximum Gasteiger partial charge on any atom is 0.243 e. The van der Waals surface area contributed by atoms with Crippen LogP contribution >= 0.6 is 0 Å². The standard InChI is InChI=1S/C15H19N3O2/c16-13(9-11-5-2-1-3-6-11)15-17-14(18-20-15)10-12-7-4-8-19-12/h1-3,5-6,12-13H,4,7-10,16H2/t12?,13-/m0/s1. The molecule has 1 aliphatic rings. The van der Waals surface area contributed by atoms with Crippen LogP contribution in [0.5, 0.6) is 0 Å². The fourth-order valence-corrected chi connectivity index (χ4v) is 2.47. The molecular weight excluding hydrogens is 254 g/mol. The monoisotopic (exact) mass is 273 g/mol. The van der Waals surface area contributed by atoms with E-state index in [0.29, 0.717) is 24.6 Å². The molecule has 1 aliphatic heterocycles. The minimum Gasteiger partial charge on any atom is -0.378 e. The SMILES string of the molecule is N[C@@H](Cc1ccccc1)c1nc(CC2CCCO2)no1. The van der Waals surface area contributed by atoms with E-state index in [1.807, 2.05) is 30.3 Å². The van der Waals surface area contributed by atoms with Gasteiger partial charge in [0.15, 0.2) is 5.82 Å². The minimum absolute atomic E-state index is 0.228. The molecule has 0 amide bonds. The van der Waals surface area contributed by atoms with E-state index in [9.17, 15) is 0 Å². The van der Waals surface area contributed by atoms with Gasteiger partial charge in [-0.3, -0.25) is 0 Å². The summed E-state index contributed by atoms with van der Waals surface area (Å²) in [5, 5.41) is 4.00. The second kappa shape index (κ2) is 6.15. The molecule has 0 spiro atoms. The molecule has 1 aromatic carbocycles. The van der Waals surface area contributed by atoms with Crippen molar-refractivity contribution in [2.75, 3.05) is 6.61 Å². The first-order chi connectivity index (χ1) is 9.81. The predicted octanol–water partition coefficient (Wildman–Crippen LogP) is 2.03. The summed E-state index contributed by atoms with van der Waals surface area (Å²) >= 11 is 0. The average Bonchev–Trinajstić information content (AvgIpc) is 3.12. The zero-order valence-corrected chi connectivity index (χ0v) is 11.4. The number of benzene rings is 1. The summed E-state index contributed by atoms with van der Waals surface area (Å²) in [6.45, 7) is 0.836. The molecule has 2 atom stereocenters. The van der Waals surface area contributed by atoms with Crippen molar-refractivity contribution in [1.29, 1.82) is 0 Å². The van der Waals surface area contributed by atoms with Gasteiger partial charge in [-0.05, 0) is 24.8 Å². The quantitative estimate of drug-likeness (QED) is 0.902. The summed E-state index contributed by atoms with van der Waals surface area (Å²) in [5.74, 6) is 1.19. The zero-order chi connectivity index (χ0) is 13.8. The van der Waals surface area contributed by atoms with Crippen molar-refractivity contribution in [1.82, 2.24) is 10.1 Å². The molecule has 2 N–H and O–H groups in total. The van der Waals surface area contributed by atoms with Gasteiger partial charge in [0.2, 0.25) is 5.89 Å². The van der Waals surface area contributed by atoms with E-state index in [2.05, 4.69) is 10.1 Å². The van der Waals surface area contributed by atoms with E-state index < -0.39 is 0 Å². The Morgan fingerprint density at radius 1 is 1.30 bits per heavy atom. The number of aromatic nitrogens is 2. The van der Waals surface area contributed by atoms with Crippen molar-refractivity contribution < 1.29 is 9.26 Å². The van der Waals surface area contributed by atoms with E-state index in [1.165, 1.54) is 5.56 Å². The van der Waals surface area contributed by atoms with Gasteiger partial charge >= 0.3 is 0 Å². The molecule has 3 rings (SSSR count). The van der Waals surface area contributed by atoms with Crippen LogP contribution in [0.25, 0.3) is 0 Å². The van der Waals surface area contributed by atoms with Gasteiger partial charge in [0.1, 0.15) is 0 Å². The fraction of sp³-hybridized carbons (Fsp3) is 0.467. The van der Waals surface area contributed by atoms with Crippen LogP contribution < -0.4 is 5.73 Å².